The maximum Gasteiger partial charge on any atom is 1.00 e. The van der Waals surface area contributed by atoms with Crippen LogP contribution >= 0.6 is 0 Å². The molecule has 35 heavy (non-hydrogen) atoms. The van der Waals surface area contributed by atoms with E-state index in [-0.39, 0.29) is 62.5 Å². The summed E-state index contributed by atoms with van der Waals surface area (Å²) in [6.45, 7) is 0. The van der Waals surface area contributed by atoms with Crippen molar-refractivity contribution < 1.29 is 65.1 Å². The van der Waals surface area contributed by atoms with Crippen LogP contribution in [0.2, 0.25) is 0 Å². The van der Waals surface area contributed by atoms with E-state index in [4.69, 9.17) is 4.55 Å². The first-order valence-electron chi connectivity index (χ1n) is 9.72. The second-order valence-electron chi connectivity index (χ2n) is 7.32. The number of carbonyl (C=O) groups excluding carboxylic acids is 2. The molecule has 1 N–H and O–H groups in total. The van der Waals surface area contributed by atoms with Gasteiger partial charge in [-0.3, -0.25) is 14.1 Å². The fourth-order valence-corrected chi connectivity index (χ4v) is 4.87. The molecule has 4 aromatic rings. The molecule has 0 bridgehead atoms. The maximum absolute atomic E-state index is 12.3. The van der Waals surface area contributed by atoms with Crippen molar-refractivity contribution in [2.75, 3.05) is 0 Å². The van der Waals surface area contributed by atoms with Crippen LogP contribution < -0.4 is 29.6 Å². The molecule has 11 heteroatoms. The van der Waals surface area contributed by atoms with E-state index in [0.29, 0.717) is 5.39 Å². The Balaban J connectivity index is 0.000000202. The van der Waals surface area contributed by atoms with Crippen LogP contribution in [0.25, 0.3) is 10.8 Å². The predicted octanol–water partition coefficient (Wildman–Crippen LogP) is 0.457. The molecule has 0 atom stereocenters. The largest absolute Gasteiger partial charge is 1.00 e. The standard InChI is InChI=1S/C14H8O5S.C10H8O3S.Na/c15-13-9-3-1-2-4-10(9)14(16)12-7-8(20(17,18)19)5-6-11(12)13;11-14(12,13)10-7-3-5-8-4-1-2-6-9(8)10;/h1-7H,(H,17,18,19);1-7H,(H,11,12,13);/q;;+1/p-1. The summed E-state index contributed by atoms with van der Waals surface area (Å²) in [5.41, 5.74) is 0.555. The fraction of sp³-hybridized carbons (Fsp3) is 0. The van der Waals surface area contributed by atoms with Crippen molar-refractivity contribution in [2.45, 2.75) is 9.79 Å². The van der Waals surface area contributed by atoms with Gasteiger partial charge in [-0.05, 0) is 29.7 Å². The fourth-order valence-electron chi connectivity index (χ4n) is 3.65. The average Bonchev–Trinajstić information content (AvgIpc) is 2.81. The van der Waals surface area contributed by atoms with E-state index in [1.54, 1.807) is 42.5 Å². The third-order valence-corrected chi connectivity index (χ3v) is 6.96. The zero-order chi connectivity index (χ0) is 24.7. The van der Waals surface area contributed by atoms with Crippen molar-refractivity contribution in [3.05, 3.63) is 107 Å². The number of carbonyl (C=O) groups is 2. The van der Waals surface area contributed by atoms with Crippen LogP contribution in [0.15, 0.2) is 94.7 Å². The molecule has 0 aromatic heterocycles. The Hall–Kier alpha value is -2.70. The van der Waals surface area contributed by atoms with Gasteiger partial charge in [0.2, 0.25) is 0 Å². The summed E-state index contributed by atoms with van der Waals surface area (Å²) >= 11 is 0. The molecule has 0 fully saturated rings. The minimum Gasteiger partial charge on any atom is -0.744 e. The second-order valence-corrected chi connectivity index (χ2v) is 10.1. The Morgan fingerprint density at radius 1 is 0.629 bits per heavy atom. The van der Waals surface area contributed by atoms with E-state index in [9.17, 15) is 31.0 Å². The normalized spacial score (nSPS) is 12.6. The second kappa shape index (κ2) is 10.1. The number of fused-ring (bicyclic) bond motifs is 3. The van der Waals surface area contributed by atoms with Gasteiger partial charge in [0.1, 0.15) is 15.0 Å². The SMILES string of the molecule is O=C1c2ccccc2C(=O)c2cc(S(=O)(=O)[O-])ccc21.O=S(=O)(O)c1cccc2ccccc12.[Na+]. The third kappa shape index (κ3) is 5.44. The van der Waals surface area contributed by atoms with Crippen molar-refractivity contribution in [3.63, 3.8) is 0 Å². The van der Waals surface area contributed by atoms with Crippen LogP contribution in [-0.2, 0) is 20.2 Å². The Morgan fingerprint density at radius 3 is 1.74 bits per heavy atom. The molecule has 0 aliphatic heterocycles. The minimum absolute atomic E-state index is 0. The molecule has 5 rings (SSSR count). The van der Waals surface area contributed by atoms with Gasteiger partial charge in [0.15, 0.2) is 11.6 Å². The van der Waals surface area contributed by atoms with Gasteiger partial charge < -0.3 is 4.55 Å². The van der Waals surface area contributed by atoms with E-state index >= 15 is 0 Å². The van der Waals surface area contributed by atoms with Crippen molar-refractivity contribution >= 4 is 42.6 Å². The van der Waals surface area contributed by atoms with Crippen LogP contribution in [-0.4, -0.2) is 37.5 Å². The van der Waals surface area contributed by atoms with Gasteiger partial charge in [-0.2, -0.15) is 8.42 Å². The van der Waals surface area contributed by atoms with E-state index in [1.165, 1.54) is 24.3 Å². The zero-order valence-electron chi connectivity index (χ0n) is 18.2. The van der Waals surface area contributed by atoms with Crippen molar-refractivity contribution in [1.29, 1.82) is 0 Å². The summed E-state index contributed by atoms with van der Waals surface area (Å²) in [6, 6.07) is 21.3. The molecule has 0 unspecified atom stereocenters. The number of benzene rings is 4. The molecule has 172 valence electrons. The minimum atomic E-state index is -4.67. The zero-order valence-corrected chi connectivity index (χ0v) is 21.8. The van der Waals surface area contributed by atoms with Gasteiger partial charge in [0.25, 0.3) is 10.1 Å². The molecule has 0 heterocycles. The Bertz CT molecular complexity index is 1690. The maximum atomic E-state index is 12.3. The van der Waals surface area contributed by atoms with Crippen LogP contribution in [0.1, 0.15) is 31.8 Å². The van der Waals surface area contributed by atoms with Crippen molar-refractivity contribution in [2.24, 2.45) is 0 Å². The van der Waals surface area contributed by atoms with E-state index in [0.717, 1.165) is 17.5 Å². The molecule has 0 saturated heterocycles. The first kappa shape index (κ1) is 26.9. The summed E-state index contributed by atoms with van der Waals surface area (Å²) in [5.74, 6) is -0.814. The van der Waals surface area contributed by atoms with Gasteiger partial charge in [-0.25, -0.2) is 8.42 Å². The molecular weight excluding hydrogens is 503 g/mol. The molecular formula is C24H15NaO8S2. The topological polar surface area (TPSA) is 146 Å². The van der Waals surface area contributed by atoms with Gasteiger partial charge >= 0.3 is 29.6 Å². The number of ketones is 2. The molecule has 1 aliphatic carbocycles. The summed E-state index contributed by atoms with van der Waals surface area (Å²) in [7, 11) is -8.80. The van der Waals surface area contributed by atoms with Crippen LogP contribution in [0.4, 0.5) is 0 Å². The van der Waals surface area contributed by atoms with E-state index in [2.05, 4.69) is 0 Å². The summed E-state index contributed by atoms with van der Waals surface area (Å²) < 4.78 is 64.0. The predicted molar refractivity (Wildman–Crippen MR) is 121 cm³/mol. The number of hydrogen-bond acceptors (Lipinski definition) is 7. The van der Waals surface area contributed by atoms with Gasteiger partial charge in [0, 0.05) is 27.6 Å². The molecule has 1 aliphatic rings. The molecule has 4 aromatic carbocycles. The van der Waals surface area contributed by atoms with Crippen molar-refractivity contribution in [1.82, 2.24) is 0 Å². The van der Waals surface area contributed by atoms with E-state index in [1.807, 2.05) is 6.07 Å². The monoisotopic (exact) mass is 518 g/mol. The van der Waals surface area contributed by atoms with Gasteiger partial charge in [-0.1, -0.05) is 60.7 Å². The van der Waals surface area contributed by atoms with Gasteiger partial charge in [0.05, 0.1) is 4.90 Å². The summed E-state index contributed by atoms with van der Waals surface area (Å²) in [4.78, 5) is 24.0. The molecule has 0 spiro atoms. The molecule has 0 radical (unpaired) electrons. The van der Waals surface area contributed by atoms with Crippen molar-refractivity contribution in [3.8, 4) is 0 Å². The Labute approximate surface area is 223 Å². The first-order valence-corrected chi connectivity index (χ1v) is 12.6. The summed E-state index contributed by atoms with van der Waals surface area (Å²) in [6.07, 6.45) is 0. The van der Waals surface area contributed by atoms with Gasteiger partial charge in [-0.15, -0.1) is 0 Å². The Kier molecular flexibility index (Phi) is 7.77. The average molecular weight is 519 g/mol. The molecule has 0 saturated carbocycles. The summed E-state index contributed by atoms with van der Waals surface area (Å²) in [5, 5.41) is 1.33. The molecule has 0 amide bonds. The number of hydrogen-bond donors (Lipinski definition) is 1. The Morgan fingerprint density at radius 2 is 1.14 bits per heavy atom. The smallest absolute Gasteiger partial charge is 0.744 e. The third-order valence-electron chi connectivity index (χ3n) is 5.21. The van der Waals surface area contributed by atoms with E-state index < -0.39 is 30.9 Å². The van der Waals surface area contributed by atoms with Crippen LogP contribution in [0.5, 0.6) is 0 Å². The van der Waals surface area contributed by atoms with Crippen LogP contribution in [0, 0.1) is 0 Å². The first-order chi connectivity index (χ1) is 16.0. The molecule has 8 nitrogen and oxygen atoms in total. The quantitative estimate of drug-likeness (QED) is 0.262. The van der Waals surface area contributed by atoms with Crippen LogP contribution in [0.3, 0.4) is 0 Å². The number of rotatable bonds is 2.